The van der Waals surface area contributed by atoms with Gasteiger partial charge in [0.1, 0.15) is 35.8 Å². The minimum absolute atomic E-state index is 0.0271. The standard InChI is InChI=1S/C35H45F4N3O8/c1-9-21(2)17-40(32(47)50-34(6,7)8)18-23-15-24-25(42(23)31(45)46)16-26(48-20-22-13-11-10-12-14-22)29(28(24)36)41(30(44)35(37,38)39)19-27(43)49-33(3,4)5/h10-14,16,21,23H,9,15,17-20H2,1-8H3,(H,45,46)/t21?,23-/m1/s1. The van der Waals surface area contributed by atoms with E-state index in [4.69, 9.17) is 14.2 Å². The van der Waals surface area contributed by atoms with Gasteiger partial charge >= 0.3 is 30.2 Å². The number of nitrogens with zero attached hydrogens (tertiary/aromatic N) is 3. The smallest absolute Gasteiger partial charge is 0.471 e. The second-order valence-corrected chi connectivity index (χ2v) is 14.2. The summed E-state index contributed by atoms with van der Waals surface area (Å²) in [6.07, 6.45) is -7.53. The molecule has 1 aliphatic heterocycles. The van der Waals surface area contributed by atoms with Gasteiger partial charge in [-0.15, -0.1) is 0 Å². The molecule has 1 N–H and O–H groups in total. The average Bonchev–Trinajstić information content (AvgIpc) is 3.35. The highest BCUT2D eigenvalue weighted by molar-refractivity contribution is 6.03. The fourth-order valence-electron chi connectivity index (χ4n) is 5.30. The summed E-state index contributed by atoms with van der Waals surface area (Å²) in [5.74, 6) is -5.87. The fraction of sp³-hybridized carbons (Fsp3) is 0.543. The van der Waals surface area contributed by atoms with Crippen LogP contribution in [0.1, 0.15) is 72.9 Å². The lowest BCUT2D eigenvalue weighted by Crippen LogP contribution is -2.49. The molecule has 3 rings (SSSR count). The molecule has 11 nitrogen and oxygen atoms in total. The van der Waals surface area contributed by atoms with Gasteiger partial charge in [-0.1, -0.05) is 50.6 Å². The molecule has 0 bridgehead atoms. The molecule has 15 heteroatoms. The van der Waals surface area contributed by atoms with Crippen LogP contribution in [0.15, 0.2) is 36.4 Å². The third kappa shape index (κ3) is 10.5. The topological polar surface area (TPSA) is 126 Å². The van der Waals surface area contributed by atoms with Crippen molar-refractivity contribution in [1.29, 1.82) is 0 Å². The van der Waals surface area contributed by atoms with Gasteiger partial charge in [0, 0.05) is 31.1 Å². The summed E-state index contributed by atoms with van der Waals surface area (Å²) in [5, 5.41) is 10.3. The molecule has 0 saturated heterocycles. The second kappa shape index (κ2) is 15.5. The van der Waals surface area contributed by atoms with Crippen molar-refractivity contribution in [2.24, 2.45) is 5.92 Å². The summed E-state index contributed by atoms with van der Waals surface area (Å²) in [4.78, 5) is 53.7. The number of rotatable bonds is 11. The van der Waals surface area contributed by atoms with Gasteiger partial charge in [-0.05, 0) is 53.0 Å². The number of alkyl halides is 3. The van der Waals surface area contributed by atoms with E-state index in [9.17, 15) is 37.5 Å². The molecule has 0 aliphatic carbocycles. The lowest BCUT2D eigenvalue weighted by Gasteiger charge is -2.33. The Kier molecular flexibility index (Phi) is 12.4. The van der Waals surface area contributed by atoms with E-state index in [1.165, 1.54) is 25.7 Å². The van der Waals surface area contributed by atoms with Crippen LogP contribution in [0.4, 0.5) is 38.5 Å². The first kappa shape index (κ1) is 39.9. The number of benzene rings is 2. The summed E-state index contributed by atoms with van der Waals surface area (Å²) in [7, 11) is 0. The molecular formula is C35H45F4N3O8. The number of halogens is 4. The van der Waals surface area contributed by atoms with E-state index in [1.54, 1.807) is 51.1 Å². The molecule has 1 aliphatic rings. The predicted molar refractivity (Wildman–Crippen MR) is 177 cm³/mol. The maximum absolute atomic E-state index is 16.8. The molecule has 0 fully saturated rings. The third-order valence-electron chi connectivity index (χ3n) is 7.57. The minimum atomic E-state index is -5.55. The highest BCUT2D eigenvalue weighted by Crippen LogP contribution is 2.45. The third-order valence-corrected chi connectivity index (χ3v) is 7.57. The maximum atomic E-state index is 16.8. The van der Waals surface area contributed by atoms with Gasteiger partial charge in [0.05, 0.1) is 11.7 Å². The Bertz CT molecular complexity index is 1550. The normalized spacial score (nSPS) is 15.2. The summed E-state index contributed by atoms with van der Waals surface area (Å²) in [6, 6.07) is 8.22. The molecule has 2 aromatic carbocycles. The molecular weight excluding hydrogens is 666 g/mol. The minimum Gasteiger partial charge on any atom is -0.487 e. The monoisotopic (exact) mass is 711 g/mol. The van der Waals surface area contributed by atoms with Crippen molar-refractivity contribution in [2.75, 3.05) is 29.4 Å². The van der Waals surface area contributed by atoms with E-state index in [-0.39, 0.29) is 48.2 Å². The average molecular weight is 712 g/mol. The van der Waals surface area contributed by atoms with Crippen LogP contribution in [0.25, 0.3) is 0 Å². The molecule has 0 spiro atoms. The first-order valence-corrected chi connectivity index (χ1v) is 16.1. The van der Waals surface area contributed by atoms with Gasteiger partial charge in [-0.3, -0.25) is 19.4 Å². The Morgan fingerprint density at radius 1 is 1.00 bits per heavy atom. The molecule has 1 unspecified atom stereocenters. The lowest BCUT2D eigenvalue weighted by molar-refractivity contribution is -0.171. The van der Waals surface area contributed by atoms with Crippen LogP contribution < -0.4 is 14.5 Å². The Hall–Kier alpha value is -4.56. The van der Waals surface area contributed by atoms with Crippen molar-refractivity contribution >= 4 is 35.4 Å². The van der Waals surface area contributed by atoms with E-state index in [2.05, 4.69) is 0 Å². The van der Waals surface area contributed by atoms with Gasteiger partial charge in [-0.2, -0.15) is 13.2 Å². The number of amides is 3. The fourth-order valence-corrected chi connectivity index (χ4v) is 5.30. The van der Waals surface area contributed by atoms with Crippen molar-refractivity contribution in [1.82, 2.24) is 4.90 Å². The summed E-state index contributed by atoms with van der Waals surface area (Å²) in [6.45, 7) is 11.5. The summed E-state index contributed by atoms with van der Waals surface area (Å²) < 4.78 is 75.4. The molecule has 0 saturated carbocycles. The Balaban J connectivity index is 2.21. The van der Waals surface area contributed by atoms with Crippen LogP contribution in [-0.4, -0.2) is 77.1 Å². The van der Waals surface area contributed by atoms with Crippen LogP contribution in [0, 0.1) is 11.7 Å². The predicted octanol–water partition coefficient (Wildman–Crippen LogP) is 7.33. The lowest BCUT2D eigenvalue weighted by atomic mass is 10.0. The summed E-state index contributed by atoms with van der Waals surface area (Å²) >= 11 is 0. The van der Waals surface area contributed by atoms with E-state index in [0.717, 1.165) is 11.0 Å². The zero-order valence-corrected chi connectivity index (χ0v) is 29.5. The number of carbonyl (C=O) groups is 4. The van der Waals surface area contributed by atoms with Crippen molar-refractivity contribution in [3.8, 4) is 5.75 Å². The van der Waals surface area contributed by atoms with Crippen molar-refractivity contribution in [3.63, 3.8) is 0 Å². The van der Waals surface area contributed by atoms with E-state index in [1.807, 2.05) is 13.8 Å². The van der Waals surface area contributed by atoms with Gasteiger partial charge < -0.3 is 24.2 Å². The van der Waals surface area contributed by atoms with Gasteiger partial charge in [-0.25, -0.2) is 14.0 Å². The molecule has 0 aromatic heterocycles. The molecule has 276 valence electrons. The first-order chi connectivity index (χ1) is 23.0. The molecule has 0 radical (unpaired) electrons. The number of carbonyl (C=O) groups excluding carboxylic acids is 3. The largest absolute Gasteiger partial charge is 0.487 e. The van der Waals surface area contributed by atoms with Gasteiger partial charge in [0.25, 0.3) is 0 Å². The zero-order valence-electron chi connectivity index (χ0n) is 29.5. The number of esters is 1. The van der Waals surface area contributed by atoms with Gasteiger partial charge in [0.15, 0.2) is 5.82 Å². The van der Waals surface area contributed by atoms with Crippen LogP contribution in [0.2, 0.25) is 0 Å². The van der Waals surface area contributed by atoms with Crippen LogP contribution >= 0.6 is 0 Å². The number of fused-ring (bicyclic) bond motifs is 1. The van der Waals surface area contributed by atoms with Crippen LogP contribution in [0.5, 0.6) is 5.75 Å². The van der Waals surface area contributed by atoms with Crippen molar-refractivity contribution in [2.45, 2.75) is 98.3 Å². The molecule has 3 amide bonds. The molecule has 2 atom stereocenters. The van der Waals surface area contributed by atoms with E-state index < -0.39 is 71.3 Å². The van der Waals surface area contributed by atoms with E-state index >= 15 is 4.39 Å². The molecule has 50 heavy (non-hydrogen) atoms. The number of carboxylic acid groups (broad SMARTS) is 1. The van der Waals surface area contributed by atoms with Crippen LogP contribution in [0.3, 0.4) is 0 Å². The Morgan fingerprint density at radius 2 is 1.60 bits per heavy atom. The van der Waals surface area contributed by atoms with Crippen molar-refractivity contribution < 1.29 is 56.1 Å². The maximum Gasteiger partial charge on any atom is 0.471 e. The number of hydrogen-bond donors (Lipinski definition) is 1. The SMILES string of the molecule is CCC(C)CN(C[C@H]1Cc2c(cc(OCc3ccccc3)c(N(CC(=O)OC(C)(C)C)C(=O)C(F)(F)F)c2F)N1C(=O)O)C(=O)OC(C)(C)C. The van der Waals surface area contributed by atoms with Crippen molar-refractivity contribution in [3.05, 3.63) is 53.3 Å². The molecule has 1 heterocycles. The highest BCUT2D eigenvalue weighted by atomic mass is 19.4. The number of anilines is 2. The highest BCUT2D eigenvalue weighted by Gasteiger charge is 2.47. The Morgan fingerprint density at radius 3 is 2.12 bits per heavy atom. The summed E-state index contributed by atoms with van der Waals surface area (Å²) in [5.41, 5.74) is -3.14. The second-order valence-electron chi connectivity index (χ2n) is 14.2. The first-order valence-electron chi connectivity index (χ1n) is 16.1. The number of hydrogen-bond acceptors (Lipinski definition) is 7. The van der Waals surface area contributed by atoms with Crippen LogP contribution in [-0.2, 0) is 32.1 Å². The van der Waals surface area contributed by atoms with Gasteiger partial charge in [0.2, 0.25) is 0 Å². The Labute approximate surface area is 289 Å². The quantitative estimate of drug-likeness (QED) is 0.190. The van der Waals surface area contributed by atoms with E-state index in [0.29, 0.717) is 12.0 Å². The zero-order chi connectivity index (χ0) is 37.8. The number of ether oxygens (including phenoxy) is 3. The molecule has 2 aromatic rings.